The third kappa shape index (κ3) is 10.9. The Labute approximate surface area is 540 Å². The third-order valence-corrected chi connectivity index (χ3v) is 22.6. The van der Waals surface area contributed by atoms with E-state index < -0.39 is 36.4 Å². The Bertz CT molecular complexity index is 5080. The van der Waals surface area contributed by atoms with Crippen LogP contribution in [0.1, 0.15) is 47.4 Å². The molecule has 0 radical (unpaired) electrons. The standard InChI is InChI=1S/C34H23F2N3O5.C20H15BrFNO4.C14H8FN2O.3CH3.Sn/c1-2-28(40)31-22-14-21(24-10-11-29-32(37-24)27-15-20-23(36)4-3-5-25(20)39(27)17-43-29)26(38-12-13-42-34(38)41)16-30(22)44-33(31)18-6-8-19(35)9-7-18;1-2-16(24)18-13-9-14(21)15(23-7-8-26-20(23)25)10-17(13)27-19(18)11-3-5-12(22)6-4-11;15-10-3-1-4-11-9(10)7-12-14-13(5-2-6-16-14)18-8-17(11)12;;;;/h3-11,14-16H,2,12-13,17H2,1H3;3-6,9-10H,2,7-8H2,1H3;1-5,7H,8H2;3*1H3;. The first kappa shape index (κ1) is 60.8. The van der Waals surface area contributed by atoms with Gasteiger partial charge in [-0.1, -0.05) is 19.9 Å². The van der Waals surface area contributed by atoms with Gasteiger partial charge in [-0.15, -0.1) is 0 Å². The number of benzene rings is 6. The summed E-state index contributed by atoms with van der Waals surface area (Å²) in [4.78, 5) is 70.5. The number of ketones is 2. The fraction of sp³-hybridized carbons (Fsp3) is 0.183. The molecular weight excluding hydrogens is 1370 g/mol. The molecule has 2 saturated heterocycles. The minimum absolute atomic E-state index is 0.0756. The van der Waals surface area contributed by atoms with Crippen molar-refractivity contribution >= 4 is 117 Å². The number of ether oxygens (including phenoxy) is 4. The number of furan rings is 2. The van der Waals surface area contributed by atoms with Crippen molar-refractivity contribution in [1.82, 2.24) is 19.1 Å². The maximum absolute atomic E-state index is 14.7. The molecule has 2 amide bonds. The first-order valence-corrected chi connectivity index (χ1v) is 40.8. The number of aromatic nitrogens is 4. The van der Waals surface area contributed by atoms with Gasteiger partial charge in [-0.3, -0.25) is 19.4 Å². The van der Waals surface area contributed by atoms with E-state index >= 15 is 0 Å². The van der Waals surface area contributed by atoms with E-state index in [2.05, 4.69) is 36.8 Å². The van der Waals surface area contributed by atoms with Crippen LogP contribution in [0, 0.1) is 23.3 Å². The number of Topliss-reactive ketones (excluding diaryl/α,β-unsaturated/α-hetero) is 2. The molecule has 6 aromatic carbocycles. The van der Waals surface area contributed by atoms with Crippen molar-refractivity contribution in [3.05, 3.63) is 184 Å². The van der Waals surface area contributed by atoms with Gasteiger partial charge in [0, 0.05) is 62.3 Å². The first-order valence-electron chi connectivity index (χ1n) is 30.0. The average Bonchev–Trinajstić information content (AvgIpc) is 1.66. The zero-order valence-electron chi connectivity index (χ0n) is 50.7. The van der Waals surface area contributed by atoms with E-state index in [0.717, 1.165) is 22.7 Å². The third-order valence-electron chi connectivity index (χ3n) is 16.8. The molecule has 16 nitrogen and oxygen atoms in total. The van der Waals surface area contributed by atoms with Crippen LogP contribution in [0.5, 0.6) is 11.5 Å². The van der Waals surface area contributed by atoms with E-state index in [9.17, 15) is 36.7 Å². The number of hydrogen-bond donors (Lipinski definition) is 0. The minimum atomic E-state index is -2.26. The van der Waals surface area contributed by atoms with Crippen molar-refractivity contribution in [2.24, 2.45) is 0 Å². The van der Waals surface area contributed by atoms with Crippen molar-refractivity contribution in [3.63, 3.8) is 0 Å². The van der Waals surface area contributed by atoms with Gasteiger partial charge in [0.15, 0.2) is 18.3 Å². The van der Waals surface area contributed by atoms with E-state index in [4.69, 9.17) is 37.7 Å². The second kappa shape index (κ2) is 24.1. The predicted molar refractivity (Wildman–Crippen MR) is 351 cm³/mol. The van der Waals surface area contributed by atoms with Crippen LogP contribution in [0.4, 0.5) is 38.5 Å². The normalized spacial score (nSPS) is 14.0. The van der Waals surface area contributed by atoms with Crippen LogP contribution in [0.2, 0.25) is 14.8 Å². The molecule has 0 N–H and O–H groups in total. The molecule has 16 rings (SSSR count). The van der Waals surface area contributed by atoms with Gasteiger partial charge in [-0.05, 0) is 107 Å². The molecule has 4 aliphatic heterocycles. The molecule has 0 spiro atoms. The van der Waals surface area contributed by atoms with Gasteiger partial charge in [0.1, 0.15) is 64.8 Å². The van der Waals surface area contributed by atoms with E-state index in [-0.39, 0.29) is 48.8 Å². The molecule has 22 heteroatoms. The summed E-state index contributed by atoms with van der Waals surface area (Å²) in [6, 6.07) is 39.9. The molecule has 10 heterocycles. The molecule has 6 aromatic heterocycles. The van der Waals surface area contributed by atoms with Crippen molar-refractivity contribution < 1.29 is 64.5 Å². The number of nitrogens with zero attached hydrogens (tertiary/aromatic N) is 6. The fourth-order valence-electron chi connectivity index (χ4n) is 12.1. The molecule has 0 unspecified atom stereocenters. The number of amides is 2. The summed E-state index contributed by atoms with van der Waals surface area (Å²) < 4.78 is 95.8. The van der Waals surface area contributed by atoms with Crippen LogP contribution in [0.3, 0.4) is 0 Å². The molecule has 12 aromatic rings. The van der Waals surface area contributed by atoms with Gasteiger partial charge in [-0.2, -0.15) is 0 Å². The summed E-state index contributed by atoms with van der Waals surface area (Å²) in [7, 11) is 0. The zero-order chi connectivity index (χ0) is 64.7. The topological polar surface area (TPSA) is 174 Å². The molecule has 4 aliphatic rings. The van der Waals surface area contributed by atoms with Gasteiger partial charge < -0.3 is 27.6 Å². The van der Waals surface area contributed by atoms with E-state index in [1.165, 1.54) is 49.9 Å². The number of rotatable bonds is 10. The molecule has 0 saturated carbocycles. The summed E-state index contributed by atoms with van der Waals surface area (Å²) >= 11 is 1.22. The van der Waals surface area contributed by atoms with Crippen LogP contribution in [-0.2, 0) is 22.9 Å². The second-order valence-electron chi connectivity index (χ2n) is 23.5. The summed E-state index contributed by atoms with van der Waals surface area (Å²) in [5, 5.41) is 2.27. The zero-order valence-corrected chi connectivity index (χ0v) is 55.1. The molecule has 0 atom stereocenters. The fourth-order valence-corrected chi connectivity index (χ4v) is 15.6. The van der Waals surface area contributed by atoms with E-state index in [1.807, 2.05) is 33.4 Å². The van der Waals surface area contributed by atoms with Crippen LogP contribution in [-0.4, -0.2) is 87.5 Å². The average molecular weight is 1430 g/mol. The number of hydrogen-bond acceptors (Lipinski definition) is 12. The van der Waals surface area contributed by atoms with E-state index in [1.54, 1.807) is 92.7 Å². The van der Waals surface area contributed by atoms with Crippen molar-refractivity contribution in [1.29, 1.82) is 0 Å². The van der Waals surface area contributed by atoms with Crippen LogP contribution >= 0.6 is 15.9 Å². The van der Waals surface area contributed by atoms with Gasteiger partial charge in [0.05, 0.1) is 52.5 Å². The second-order valence-corrected chi connectivity index (χ2v) is 38.7. The predicted octanol–water partition coefficient (Wildman–Crippen LogP) is 17.2. The van der Waals surface area contributed by atoms with Crippen LogP contribution in [0.15, 0.2) is 159 Å². The number of pyridine rings is 2. The molecular formula is C71H55BrF4N6O10Sn. The van der Waals surface area contributed by atoms with Gasteiger partial charge in [0.2, 0.25) is 0 Å². The molecule has 93 heavy (non-hydrogen) atoms. The Kier molecular flexibility index (Phi) is 15.7. The van der Waals surface area contributed by atoms with E-state index in [0.29, 0.717) is 149 Å². The Morgan fingerprint density at radius 1 is 0.538 bits per heavy atom. The number of carbonyl (C=O) groups is 4. The Balaban J connectivity index is 0.000000131. The monoisotopic (exact) mass is 1430 g/mol. The quantitative estimate of drug-likeness (QED) is 0.0721. The number of fused-ring (bicyclic) bond motifs is 12. The molecule has 0 aliphatic carbocycles. The Morgan fingerprint density at radius 3 is 1.49 bits per heavy atom. The van der Waals surface area contributed by atoms with Crippen LogP contribution < -0.4 is 23.0 Å². The maximum atomic E-state index is 14.7. The summed E-state index contributed by atoms with van der Waals surface area (Å²) in [5.74, 6) is 0.493. The number of anilines is 2. The van der Waals surface area contributed by atoms with Gasteiger partial charge in [-0.25, -0.2) is 27.7 Å². The SMILES string of the molecule is CCC(=O)c1c(-c2ccc(F)cc2)oc2cc(N3CCOC3=O)c(-c3ccc4c(n3)-c3cc5c(F)cccc5n3CO4)cc12.CCC(=O)c1c(-c2ccc(F)cc2)oc2cc(N3CCOC3=O)c(Br)cc12.[CH3][Sn]([CH3])([CH3])[c]1ccc2c(n1)-c1cc3c(F)cccc3n1CO2. The van der Waals surface area contributed by atoms with Gasteiger partial charge in [0.25, 0.3) is 0 Å². The molecule has 468 valence electrons. The summed E-state index contributed by atoms with van der Waals surface area (Å²) in [6.45, 7) is 5.43. The van der Waals surface area contributed by atoms with Crippen molar-refractivity contribution in [3.8, 4) is 68.2 Å². The summed E-state index contributed by atoms with van der Waals surface area (Å²) in [5.41, 5.74) is 9.55. The molecule has 2 fully saturated rings. The van der Waals surface area contributed by atoms with Crippen molar-refractivity contribution in [2.45, 2.75) is 55.0 Å². The summed E-state index contributed by atoms with van der Waals surface area (Å²) in [6.07, 6.45) is -0.419. The molecule has 0 bridgehead atoms. The number of cyclic esters (lactones) is 2. The van der Waals surface area contributed by atoms with Crippen LogP contribution in [0.25, 0.3) is 100 Å². The van der Waals surface area contributed by atoms with Gasteiger partial charge >= 0.3 is 145 Å². The first-order chi connectivity index (χ1) is 44.8. The Morgan fingerprint density at radius 2 is 1.01 bits per heavy atom. The Hall–Kier alpha value is -9.74. The van der Waals surface area contributed by atoms with Crippen molar-refractivity contribution in [2.75, 3.05) is 36.1 Å². The number of halogens is 5. The number of carbonyl (C=O) groups excluding carboxylic acids is 4.